The molecule has 0 aliphatic carbocycles. The van der Waals surface area contributed by atoms with Gasteiger partial charge >= 0.3 is 18.0 Å². The molecule has 1 aromatic heterocycles. The summed E-state index contributed by atoms with van der Waals surface area (Å²) in [5, 5.41) is 3.77. The minimum atomic E-state index is -0.997. The lowest BCUT2D eigenvalue weighted by Crippen LogP contribution is -2.53. The van der Waals surface area contributed by atoms with Crippen LogP contribution in [0.1, 0.15) is 33.2 Å². The van der Waals surface area contributed by atoms with Crippen molar-refractivity contribution in [3.8, 4) is 11.5 Å². The molecule has 2 N–H and O–H groups in total. The number of esters is 2. The lowest BCUT2D eigenvalue weighted by atomic mass is 9.87. The van der Waals surface area contributed by atoms with E-state index in [1.165, 1.54) is 26.2 Å². The van der Waals surface area contributed by atoms with Gasteiger partial charge in [-0.15, -0.1) is 0 Å². The lowest BCUT2D eigenvalue weighted by molar-refractivity contribution is -0.146. The lowest BCUT2D eigenvalue weighted by Gasteiger charge is -2.41. The van der Waals surface area contributed by atoms with Crippen LogP contribution in [0.5, 0.6) is 11.5 Å². The van der Waals surface area contributed by atoms with Crippen molar-refractivity contribution in [3.63, 3.8) is 0 Å². The van der Waals surface area contributed by atoms with Gasteiger partial charge in [0.1, 0.15) is 23.6 Å². The van der Waals surface area contributed by atoms with E-state index in [1.807, 2.05) is 24.3 Å². The molecule has 0 saturated carbocycles. The van der Waals surface area contributed by atoms with Crippen LogP contribution in [0, 0.1) is 0 Å². The van der Waals surface area contributed by atoms with Crippen LogP contribution in [0.3, 0.4) is 0 Å². The number of aromatic nitrogens is 1. The molecule has 0 bridgehead atoms. The molecule has 0 saturated heterocycles. The Hall–Kier alpha value is -4.99. The number of H-pyrrole nitrogens is 1. The number of rotatable bonds is 6. The highest BCUT2D eigenvalue weighted by Gasteiger charge is 2.45. The van der Waals surface area contributed by atoms with Gasteiger partial charge in [0.2, 0.25) is 0 Å². The molecular formula is C30H29N3O7. The molecule has 10 heteroatoms. The maximum absolute atomic E-state index is 14.2. The SMILES string of the molecule is COC(=O)c1ccccc1NC(=O)N1[C@H](c2cc(OC)ccc2OC)c2[nH]c3ccccc3c2C[C@H]1C(=O)OC. The Morgan fingerprint density at radius 1 is 0.900 bits per heavy atom. The third kappa shape index (κ3) is 4.57. The average molecular weight is 544 g/mol. The molecule has 206 valence electrons. The second kappa shape index (κ2) is 11.0. The Balaban J connectivity index is 1.73. The standard InChI is InChI=1S/C30H29N3O7/c1-37-17-13-14-25(38-2)21(15-17)27-26-20(18-9-5-7-11-22(18)31-26)16-24(29(35)40-4)33(27)30(36)32-23-12-8-6-10-19(23)28(34)39-3/h5-15,24,27,31H,16H2,1-4H3,(H,32,36)/t24-,27+/m0/s1. The minimum Gasteiger partial charge on any atom is -0.497 e. The summed E-state index contributed by atoms with van der Waals surface area (Å²) < 4.78 is 21.3. The Bertz CT molecular complexity index is 1600. The van der Waals surface area contributed by atoms with Crippen molar-refractivity contribution in [2.45, 2.75) is 18.5 Å². The van der Waals surface area contributed by atoms with E-state index >= 15 is 0 Å². The molecule has 2 atom stereocenters. The van der Waals surface area contributed by atoms with Crippen LogP contribution >= 0.6 is 0 Å². The smallest absolute Gasteiger partial charge is 0.339 e. The van der Waals surface area contributed by atoms with Gasteiger partial charge in [-0.3, -0.25) is 4.90 Å². The number of hydrogen-bond donors (Lipinski definition) is 2. The number of nitrogens with zero attached hydrogens (tertiary/aromatic N) is 1. The maximum Gasteiger partial charge on any atom is 0.339 e. The summed E-state index contributed by atoms with van der Waals surface area (Å²) in [6.07, 6.45) is 0.209. The van der Waals surface area contributed by atoms with E-state index in [0.717, 1.165) is 22.2 Å². The van der Waals surface area contributed by atoms with Crippen LogP contribution in [0.4, 0.5) is 10.5 Å². The Kier molecular flexibility index (Phi) is 7.33. The van der Waals surface area contributed by atoms with Gasteiger partial charge in [-0.05, 0) is 42.0 Å². The van der Waals surface area contributed by atoms with E-state index in [1.54, 1.807) is 49.6 Å². The van der Waals surface area contributed by atoms with Crippen LogP contribution in [-0.2, 0) is 20.7 Å². The maximum atomic E-state index is 14.2. The predicted octanol–water partition coefficient (Wildman–Crippen LogP) is 4.69. The fourth-order valence-corrected chi connectivity index (χ4v) is 5.29. The van der Waals surface area contributed by atoms with Crippen molar-refractivity contribution in [3.05, 3.63) is 89.1 Å². The summed E-state index contributed by atoms with van der Waals surface area (Å²) in [6.45, 7) is 0. The fraction of sp³-hybridized carbons (Fsp3) is 0.233. The van der Waals surface area contributed by atoms with Crippen LogP contribution in [-0.4, -0.2) is 62.3 Å². The molecule has 10 nitrogen and oxygen atoms in total. The molecule has 1 aliphatic rings. The number of hydrogen-bond acceptors (Lipinski definition) is 7. The zero-order valence-corrected chi connectivity index (χ0v) is 22.5. The molecular weight excluding hydrogens is 514 g/mol. The molecule has 5 rings (SSSR count). The van der Waals surface area contributed by atoms with Gasteiger partial charge in [0, 0.05) is 28.6 Å². The van der Waals surface area contributed by atoms with Crippen molar-refractivity contribution in [1.29, 1.82) is 0 Å². The number of ether oxygens (including phenoxy) is 4. The van der Waals surface area contributed by atoms with E-state index in [4.69, 9.17) is 18.9 Å². The first-order valence-corrected chi connectivity index (χ1v) is 12.6. The summed E-state index contributed by atoms with van der Waals surface area (Å²) in [4.78, 5) is 44.8. The number of para-hydroxylation sites is 2. The number of carbonyl (C=O) groups is 3. The van der Waals surface area contributed by atoms with Crippen molar-refractivity contribution in [2.75, 3.05) is 33.8 Å². The number of aromatic amines is 1. The van der Waals surface area contributed by atoms with Crippen molar-refractivity contribution in [2.24, 2.45) is 0 Å². The molecule has 2 amide bonds. The Morgan fingerprint density at radius 3 is 2.38 bits per heavy atom. The fourth-order valence-electron chi connectivity index (χ4n) is 5.29. The second-order valence-corrected chi connectivity index (χ2v) is 9.19. The average Bonchev–Trinajstić information content (AvgIpc) is 3.37. The highest BCUT2D eigenvalue weighted by atomic mass is 16.5. The van der Waals surface area contributed by atoms with Gasteiger partial charge < -0.3 is 29.2 Å². The largest absolute Gasteiger partial charge is 0.497 e. The first kappa shape index (κ1) is 26.6. The van der Waals surface area contributed by atoms with Crippen LogP contribution in [0.25, 0.3) is 10.9 Å². The van der Waals surface area contributed by atoms with Gasteiger partial charge in [-0.25, -0.2) is 14.4 Å². The molecule has 1 aliphatic heterocycles. The summed E-state index contributed by atoms with van der Waals surface area (Å²) >= 11 is 0. The number of amides is 2. The van der Waals surface area contributed by atoms with Gasteiger partial charge in [0.15, 0.2) is 0 Å². The number of fused-ring (bicyclic) bond motifs is 3. The van der Waals surface area contributed by atoms with Gasteiger partial charge in [-0.1, -0.05) is 30.3 Å². The number of nitrogens with one attached hydrogen (secondary N) is 2. The predicted molar refractivity (Wildman–Crippen MR) is 148 cm³/mol. The Morgan fingerprint density at radius 2 is 1.65 bits per heavy atom. The molecule has 0 spiro atoms. The van der Waals surface area contributed by atoms with E-state index in [9.17, 15) is 14.4 Å². The molecule has 0 unspecified atom stereocenters. The molecule has 4 aromatic rings. The second-order valence-electron chi connectivity index (χ2n) is 9.19. The van der Waals surface area contributed by atoms with Gasteiger partial charge in [-0.2, -0.15) is 0 Å². The van der Waals surface area contributed by atoms with Crippen LogP contribution in [0.2, 0.25) is 0 Å². The van der Waals surface area contributed by atoms with Crippen molar-refractivity contribution in [1.82, 2.24) is 9.88 Å². The van der Waals surface area contributed by atoms with E-state index in [2.05, 4.69) is 10.3 Å². The highest BCUT2D eigenvalue weighted by molar-refractivity contribution is 6.02. The summed E-state index contributed by atoms with van der Waals surface area (Å²) in [5.41, 5.74) is 3.48. The molecule has 0 radical (unpaired) electrons. The molecule has 0 fully saturated rings. The van der Waals surface area contributed by atoms with E-state index < -0.39 is 30.1 Å². The van der Waals surface area contributed by atoms with Crippen LogP contribution < -0.4 is 14.8 Å². The van der Waals surface area contributed by atoms with Crippen molar-refractivity contribution < 1.29 is 33.3 Å². The van der Waals surface area contributed by atoms with Crippen molar-refractivity contribution >= 4 is 34.6 Å². The number of methoxy groups -OCH3 is 4. The topological polar surface area (TPSA) is 119 Å². The zero-order chi connectivity index (χ0) is 28.4. The number of urea groups is 1. The summed E-state index contributed by atoms with van der Waals surface area (Å²) in [7, 11) is 5.64. The molecule has 3 aromatic carbocycles. The molecule has 40 heavy (non-hydrogen) atoms. The molecule has 2 heterocycles. The normalized spacial score (nSPS) is 16.1. The number of benzene rings is 3. The first-order valence-electron chi connectivity index (χ1n) is 12.6. The first-order chi connectivity index (χ1) is 19.4. The summed E-state index contributed by atoms with van der Waals surface area (Å²) in [5.74, 6) is -0.152. The van der Waals surface area contributed by atoms with Crippen LogP contribution in [0.15, 0.2) is 66.7 Å². The quantitative estimate of drug-likeness (QED) is 0.339. The van der Waals surface area contributed by atoms with E-state index in [0.29, 0.717) is 17.1 Å². The van der Waals surface area contributed by atoms with E-state index in [-0.39, 0.29) is 17.7 Å². The minimum absolute atomic E-state index is 0.173. The highest BCUT2D eigenvalue weighted by Crippen LogP contribution is 2.45. The number of carbonyl (C=O) groups excluding carboxylic acids is 3. The zero-order valence-electron chi connectivity index (χ0n) is 22.5. The monoisotopic (exact) mass is 543 g/mol. The van der Waals surface area contributed by atoms with Gasteiger partial charge in [0.05, 0.1) is 39.7 Å². The third-order valence-electron chi connectivity index (χ3n) is 7.14. The number of anilines is 1. The van der Waals surface area contributed by atoms with Gasteiger partial charge in [0.25, 0.3) is 0 Å². The Labute approximate surface area is 230 Å². The summed E-state index contributed by atoms with van der Waals surface area (Å²) in [6, 6.07) is 17.1. The third-order valence-corrected chi connectivity index (χ3v) is 7.14.